The summed E-state index contributed by atoms with van der Waals surface area (Å²) in [6.07, 6.45) is 1.08. The first kappa shape index (κ1) is 12.9. The number of nitrogens with one attached hydrogen (secondary N) is 1. The van der Waals surface area contributed by atoms with Gasteiger partial charge < -0.3 is 10.4 Å². The summed E-state index contributed by atoms with van der Waals surface area (Å²) in [5.41, 5.74) is -0.0611. The molecule has 0 unspecified atom stereocenters. The van der Waals surface area contributed by atoms with Gasteiger partial charge in [-0.1, -0.05) is 0 Å². The second-order valence-electron chi connectivity index (χ2n) is 3.62. The number of halogens is 3. The van der Waals surface area contributed by atoms with Crippen molar-refractivity contribution < 1.29 is 23.1 Å². The van der Waals surface area contributed by atoms with E-state index in [9.17, 15) is 18.0 Å². The van der Waals surface area contributed by atoms with Gasteiger partial charge in [0.15, 0.2) is 17.5 Å². The maximum absolute atomic E-state index is 13.0. The van der Waals surface area contributed by atoms with E-state index in [4.69, 9.17) is 5.11 Å². The van der Waals surface area contributed by atoms with Crippen molar-refractivity contribution in [3.63, 3.8) is 0 Å². The van der Waals surface area contributed by atoms with Crippen molar-refractivity contribution in [2.75, 3.05) is 5.32 Å². The van der Waals surface area contributed by atoms with E-state index in [0.717, 1.165) is 18.3 Å². The number of carbonyl (C=O) groups is 1. The van der Waals surface area contributed by atoms with Gasteiger partial charge in [0.1, 0.15) is 5.82 Å². The average molecular weight is 268 g/mol. The van der Waals surface area contributed by atoms with Gasteiger partial charge >= 0.3 is 5.97 Å². The molecule has 19 heavy (non-hydrogen) atoms. The molecule has 0 aliphatic carbocycles. The van der Waals surface area contributed by atoms with E-state index in [0.29, 0.717) is 0 Å². The van der Waals surface area contributed by atoms with Crippen molar-refractivity contribution in [2.45, 2.75) is 0 Å². The van der Waals surface area contributed by atoms with Crippen LogP contribution in [0.4, 0.5) is 24.7 Å². The quantitative estimate of drug-likeness (QED) is 0.840. The lowest BCUT2D eigenvalue weighted by Gasteiger charge is -2.06. The lowest BCUT2D eigenvalue weighted by molar-refractivity contribution is 0.0696. The number of pyridine rings is 1. The summed E-state index contributed by atoms with van der Waals surface area (Å²) >= 11 is 0. The number of hydrogen-bond donors (Lipinski definition) is 2. The highest BCUT2D eigenvalue weighted by Crippen LogP contribution is 2.20. The monoisotopic (exact) mass is 268 g/mol. The van der Waals surface area contributed by atoms with Gasteiger partial charge in [-0.2, -0.15) is 0 Å². The molecule has 1 aromatic heterocycles. The average Bonchev–Trinajstić information content (AvgIpc) is 2.36. The lowest BCUT2D eigenvalue weighted by atomic mass is 10.2. The van der Waals surface area contributed by atoms with Crippen LogP contribution in [-0.4, -0.2) is 16.1 Å². The Labute approximate surface area is 105 Å². The highest BCUT2D eigenvalue weighted by atomic mass is 19.2. The molecule has 1 aromatic carbocycles. The number of hydrogen-bond acceptors (Lipinski definition) is 3. The smallest absolute Gasteiger partial charge is 0.337 e. The molecule has 4 nitrogen and oxygen atoms in total. The molecule has 0 atom stereocenters. The highest BCUT2D eigenvalue weighted by molar-refractivity contribution is 5.87. The van der Waals surface area contributed by atoms with Gasteiger partial charge in [-0.25, -0.2) is 22.9 Å². The van der Waals surface area contributed by atoms with Gasteiger partial charge in [0.2, 0.25) is 0 Å². The van der Waals surface area contributed by atoms with E-state index >= 15 is 0 Å². The Hall–Kier alpha value is -2.57. The fourth-order valence-electron chi connectivity index (χ4n) is 1.37. The standard InChI is InChI=1S/C12H7F3N2O2/c13-8-3-7(4-9(14)11(8)15)17-10-2-1-6(5-16-10)12(18)19/h1-5H,(H,16,17)(H,18,19). The summed E-state index contributed by atoms with van der Waals surface area (Å²) in [7, 11) is 0. The van der Waals surface area contributed by atoms with Crippen LogP contribution < -0.4 is 5.32 Å². The Kier molecular flexibility index (Phi) is 3.37. The number of carboxylic acids is 1. The predicted molar refractivity (Wildman–Crippen MR) is 60.8 cm³/mol. The zero-order valence-corrected chi connectivity index (χ0v) is 9.32. The predicted octanol–water partition coefficient (Wildman–Crippen LogP) is 2.94. The van der Waals surface area contributed by atoms with Gasteiger partial charge in [-0.3, -0.25) is 0 Å². The van der Waals surface area contributed by atoms with E-state index in [1.165, 1.54) is 12.1 Å². The van der Waals surface area contributed by atoms with Crippen LogP contribution in [0.5, 0.6) is 0 Å². The molecule has 7 heteroatoms. The van der Waals surface area contributed by atoms with Gasteiger partial charge in [-0.15, -0.1) is 0 Å². The maximum Gasteiger partial charge on any atom is 0.337 e. The van der Waals surface area contributed by atoms with Crippen LogP contribution in [-0.2, 0) is 0 Å². The fraction of sp³-hybridized carbons (Fsp3) is 0. The molecule has 0 aliphatic rings. The topological polar surface area (TPSA) is 62.2 Å². The van der Waals surface area contributed by atoms with Crippen molar-refractivity contribution >= 4 is 17.5 Å². The minimum atomic E-state index is -1.56. The Morgan fingerprint density at radius 2 is 1.79 bits per heavy atom. The number of nitrogens with zero attached hydrogens (tertiary/aromatic N) is 1. The first-order valence-electron chi connectivity index (χ1n) is 5.08. The third-order valence-electron chi connectivity index (χ3n) is 2.27. The zero-order chi connectivity index (χ0) is 14.0. The van der Waals surface area contributed by atoms with E-state index in [1.54, 1.807) is 0 Å². The molecule has 2 aromatic rings. The molecular weight excluding hydrogens is 261 g/mol. The molecule has 2 N–H and O–H groups in total. The maximum atomic E-state index is 13.0. The third-order valence-corrected chi connectivity index (χ3v) is 2.27. The van der Waals surface area contributed by atoms with Crippen LogP contribution in [0.1, 0.15) is 10.4 Å². The summed E-state index contributed by atoms with van der Waals surface area (Å²) < 4.78 is 38.7. The van der Waals surface area contributed by atoms with Gasteiger partial charge in [-0.05, 0) is 12.1 Å². The molecule has 0 aliphatic heterocycles. The molecule has 1 heterocycles. The van der Waals surface area contributed by atoms with E-state index < -0.39 is 23.4 Å². The minimum absolute atomic E-state index is 0.0259. The van der Waals surface area contributed by atoms with E-state index in [2.05, 4.69) is 10.3 Å². The molecule has 0 fully saturated rings. The van der Waals surface area contributed by atoms with Crippen molar-refractivity contribution in [1.29, 1.82) is 0 Å². The molecule has 0 radical (unpaired) electrons. The summed E-state index contributed by atoms with van der Waals surface area (Å²) in [6, 6.07) is 4.13. The summed E-state index contributed by atoms with van der Waals surface area (Å²) in [4.78, 5) is 14.3. The van der Waals surface area contributed by atoms with Crippen molar-refractivity contribution in [1.82, 2.24) is 4.98 Å². The summed E-state index contributed by atoms with van der Waals surface area (Å²) in [6.45, 7) is 0. The molecule has 0 bridgehead atoms. The van der Waals surface area contributed by atoms with Crippen LogP contribution in [0, 0.1) is 17.5 Å². The number of benzene rings is 1. The van der Waals surface area contributed by atoms with E-state index in [1.807, 2.05) is 0 Å². The minimum Gasteiger partial charge on any atom is -0.478 e. The van der Waals surface area contributed by atoms with Gasteiger partial charge in [0.05, 0.1) is 5.56 Å². The third kappa shape index (κ3) is 2.82. The zero-order valence-electron chi connectivity index (χ0n) is 9.32. The first-order valence-corrected chi connectivity index (χ1v) is 5.08. The molecule has 98 valence electrons. The van der Waals surface area contributed by atoms with Crippen LogP contribution in [0.3, 0.4) is 0 Å². The molecular formula is C12H7F3N2O2. The Morgan fingerprint density at radius 1 is 1.16 bits per heavy atom. The normalized spacial score (nSPS) is 10.3. The van der Waals surface area contributed by atoms with Gasteiger partial charge in [0.25, 0.3) is 0 Å². The van der Waals surface area contributed by atoms with Gasteiger partial charge in [0, 0.05) is 24.0 Å². The second-order valence-corrected chi connectivity index (χ2v) is 3.62. The number of aromatic carboxylic acids is 1. The van der Waals surface area contributed by atoms with Crippen LogP contribution >= 0.6 is 0 Å². The SMILES string of the molecule is O=C(O)c1ccc(Nc2cc(F)c(F)c(F)c2)nc1. The Bertz CT molecular complexity index is 606. The molecule has 0 amide bonds. The Morgan fingerprint density at radius 3 is 2.26 bits per heavy atom. The second kappa shape index (κ2) is 4.97. The van der Waals surface area contributed by atoms with Crippen LogP contribution in [0.15, 0.2) is 30.5 Å². The van der Waals surface area contributed by atoms with Crippen molar-refractivity contribution in [3.05, 3.63) is 53.5 Å². The first-order chi connectivity index (χ1) is 8.97. The largest absolute Gasteiger partial charge is 0.478 e. The Balaban J connectivity index is 2.24. The summed E-state index contributed by atoms with van der Waals surface area (Å²) in [5, 5.41) is 11.2. The molecule has 2 rings (SSSR count). The fourth-order valence-corrected chi connectivity index (χ4v) is 1.37. The summed E-state index contributed by atoms with van der Waals surface area (Å²) in [5.74, 6) is -5.18. The van der Waals surface area contributed by atoms with Crippen LogP contribution in [0.25, 0.3) is 0 Å². The number of anilines is 2. The van der Waals surface area contributed by atoms with Crippen molar-refractivity contribution in [3.8, 4) is 0 Å². The van der Waals surface area contributed by atoms with E-state index in [-0.39, 0.29) is 17.1 Å². The number of carboxylic acid groups (broad SMARTS) is 1. The molecule has 0 spiro atoms. The molecule has 0 saturated heterocycles. The number of aromatic nitrogens is 1. The molecule has 0 saturated carbocycles. The lowest BCUT2D eigenvalue weighted by Crippen LogP contribution is -2.00. The number of rotatable bonds is 3. The van der Waals surface area contributed by atoms with Crippen molar-refractivity contribution in [2.24, 2.45) is 0 Å². The highest BCUT2D eigenvalue weighted by Gasteiger charge is 2.11. The van der Waals surface area contributed by atoms with Crippen LogP contribution in [0.2, 0.25) is 0 Å².